The third-order valence-corrected chi connectivity index (χ3v) is 6.50. The average molecular weight is 368 g/mol. The van der Waals surface area contributed by atoms with Crippen LogP contribution < -0.4 is 4.74 Å². The highest BCUT2D eigenvalue weighted by atomic mass is 16.5. The number of H-pyrrole nitrogens is 1. The van der Waals surface area contributed by atoms with Crippen molar-refractivity contribution in [2.75, 3.05) is 27.3 Å². The quantitative estimate of drug-likeness (QED) is 0.658. The number of piperidine rings is 1. The molecule has 5 nitrogen and oxygen atoms in total. The maximum Gasteiger partial charge on any atom is 0.333 e. The van der Waals surface area contributed by atoms with E-state index >= 15 is 0 Å². The van der Waals surface area contributed by atoms with E-state index in [1.165, 1.54) is 23.8 Å². The molecule has 3 heterocycles. The Hall–Kier alpha value is -2.27. The number of aromatic amines is 1. The van der Waals surface area contributed by atoms with E-state index in [4.69, 9.17) is 9.47 Å². The Morgan fingerprint density at radius 3 is 2.89 bits per heavy atom. The van der Waals surface area contributed by atoms with Gasteiger partial charge in [0.25, 0.3) is 0 Å². The van der Waals surface area contributed by atoms with Crippen molar-refractivity contribution in [3.05, 3.63) is 41.6 Å². The Morgan fingerprint density at radius 1 is 1.37 bits per heavy atom. The zero-order chi connectivity index (χ0) is 19.1. The Kier molecular flexibility index (Phi) is 4.72. The van der Waals surface area contributed by atoms with Gasteiger partial charge in [0.05, 0.1) is 20.3 Å². The highest BCUT2D eigenvalue weighted by molar-refractivity contribution is 5.91. The van der Waals surface area contributed by atoms with Gasteiger partial charge in [0.2, 0.25) is 0 Å². The Labute approximate surface area is 160 Å². The number of esters is 1. The third-order valence-electron chi connectivity index (χ3n) is 6.50. The van der Waals surface area contributed by atoms with E-state index in [1.807, 2.05) is 12.1 Å². The summed E-state index contributed by atoms with van der Waals surface area (Å²) >= 11 is 0. The lowest BCUT2D eigenvalue weighted by atomic mass is 9.74. The first kappa shape index (κ1) is 18.1. The molecule has 0 amide bonds. The third kappa shape index (κ3) is 2.85. The van der Waals surface area contributed by atoms with Gasteiger partial charge in [-0.05, 0) is 42.4 Å². The lowest BCUT2D eigenvalue weighted by Crippen LogP contribution is -2.46. The van der Waals surface area contributed by atoms with E-state index in [0.29, 0.717) is 11.5 Å². The van der Waals surface area contributed by atoms with E-state index in [-0.39, 0.29) is 17.9 Å². The minimum absolute atomic E-state index is 0.156. The molecule has 5 heteroatoms. The Balaban J connectivity index is 1.74. The molecule has 4 rings (SSSR count). The van der Waals surface area contributed by atoms with Gasteiger partial charge in [0.15, 0.2) is 0 Å². The van der Waals surface area contributed by atoms with Crippen LogP contribution in [0.1, 0.15) is 37.1 Å². The molecule has 3 atom stereocenters. The summed E-state index contributed by atoms with van der Waals surface area (Å²) in [6.07, 6.45) is 2.96. The van der Waals surface area contributed by atoms with Crippen LogP contribution in [0, 0.1) is 11.8 Å². The molecule has 0 bridgehead atoms. The molecule has 1 aromatic carbocycles. The number of carbonyl (C=O) groups excluding carboxylic acids is 1. The maximum atomic E-state index is 12.1. The van der Waals surface area contributed by atoms with E-state index in [0.717, 1.165) is 43.6 Å². The highest BCUT2D eigenvalue weighted by Crippen LogP contribution is 2.46. The van der Waals surface area contributed by atoms with Crippen LogP contribution in [-0.4, -0.2) is 43.2 Å². The molecule has 0 spiro atoms. The molecule has 144 valence electrons. The normalized spacial score (nSPS) is 24.9. The Bertz CT molecular complexity index is 885. The van der Waals surface area contributed by atoms with Gasteiger partial charge in [-0.2, -0.15) is 0 Å². The molecule has 1 aromatic heterocycles. The fourth-order valence-corrected chi connectivity index (χ4v) is 5.08. The van der Waals surface area contributed by atoms with Crippen LogP contribution in [0.4, 0.5) is 0 Å². The van der Waals surface area contributed by atoms with Gasteiger partial charge >= 0.3 is 5.97 Å². The van der Waals surface area contributed by atoms with Crippen molar-refractivity contribution in [3.8, 4) is 5.75 Å². The summed E-state index contributed by atoms with van der Waals surface area (Å²) in [5, 5.41) is 1.20. The predicted octanol–water partition coefficient (Wildman–Crippen LogP) is 3.85. The Morgan fingerprint density at radius 2 is 2.19 bits per heavy atom. The molecule has 2 aliphatic heterocycles. The van der Waals surface area contributed by atoms with Crippen LogP contribution in [0.15, 0.2) is 30.4 Å². The summed E-state index contributed by atoms with van der Waals surface area (Å²) in [7, 11) is 3.17. The molecule has 1 saturated heterocycles. The van der Waals surface area contributed by atoms with Gasteiger partial charge in [0, 0.05) is 35.3 Å². The maximum absolute atomic E-state index is 12.1. The number of carbonyl (C=O) groups is 1. The van der Waals surface area contributed by atoms with Crippen molar-refractivity contribution in [2.24, 2.45) is 11.8 Å². The van der Waals surface area contributed by atoms with Crippen LogP contribution >= 0.6 is 0 Å². The molecular weight excluding hydrogens is 340 g/mol. The van der Waals surface area contributed by atoms with Crippen LogP contribution in [0.5, 0.6) is 5.75 Å². The first-order chi connectivity index (χ1) is 13.1. The zero-order valence-corrected chi connectivity index (χ0v) is 16.4. The number of hydrogen-bond acceptors (Lipinski definition) is 4. The topological polar surface area (TPSA) is 54.6 Å². The molecule has 0 saturated carbocycles. The summed E-state index contributed by atoms with van der Waals surface area (Å²) < 4.78 is 10.6. The lowest BCUT2D eigenvalue weighted by Gasteiger charge is -2.46. The number of nitrogens with one attached hydrogen (secondary N) is 1. The van der Waals surface area contributed by atoms with Gasteiger partial charge in [-0.3, -0.25) is 4.90 Å². The molecule has 0 unspecified atom stereocenters. The number of methoxy groups -OCH3 is 2. The molecule has 0 radical (unpaired) electrons. The standard InChI is InChI=1S/C22H28N2O3/c1-5-14-12-24-10-9-15-20-17(7-6-8-19(20)26-3)23-21(15)18(24)11-16(14)13(2)22(25)27-4/h6-8,14,16,18,23H,2,5,9-12H2,1,3-4H3/t14-,16-,18-/m1/s1. The molecule has 1 fully saturated rings. The van der Waals surface area contributed by atoms with Gasteiger partial charge in [0.1, 0.15) is 5.75 Å². The number of nitrogens with zero attached hydrogens (tertiary/aromatic N) is 1. The summed E-state index contributed by atoms with van der Waals surface area (Å²) in [4.78, 5) is 18.4. The van der Waals surface area contributed by atoms with E-state index in [9.17, 15) is 4.79 Å². The largest absolute Gasteiger partial charge is 0.496 e. The summed E-state index contributed by atoms with van der Waals surface area (Å²) in [6.45, 7) is 8.32. The fourth-order valence-electron chi connectivity index (χ4n) is 5.08. The average Bonchev–Trinajstić information content (AvgIpc) is 3.10. The van der Waals surface area contributed by atoms with E-state index in [2.05, 4.69) is 29.5 Å². The second kappa shape index (κ2) is 7.04. The molecule has 2 aliphatic rings. The summed E-state index contributed by atoms with van der Waals surface area (Å²) in [5.41, 5.74) is 4.38. The number of fused-ring (bicyclic) bond motifs is 5. The van der Waals surface area contributed by atoms with Crippen LogP contribution in [0.2, 0.25) is 0 Å². The minimum atomic E-state index is -0.277. The first-order valence-electron chi connectivity index (χ1n) is 9.77. The van der Waals surface area contributed by atoms with Gasteiger partial charge in [-0.25, -0.2) is 4.79 Å². The smallest absolute Gasteiger partial charge is 0.333 e. The van der Waals surface area contributed by atoms with Crippen molar-refractivity contribution >= 4 is 16.9 Å². The van der Waals surface area contributed by atoms with Crippen molar-refractivity contribution in [1.82, 2.24) is 9.88 Å². The zero-order valence-electron chi connectivity index (χ0n) is 16.4. The number of benzene rings is 1. The molecule has 2 aromatic rings. The molecule has 1 N–H and O–H groups in total. The van der Waals surface area contributed by atoms with Crippen LogP contribution in [-0.2, 0) is 16.0 Å². The second-order valence-electron chi connectivity index (χ2n) is 7.69. The minimum Gasteiger partial charge on any atom is -0.496 e. The van der Waals surface area contributed by atoms with Crippen LogP contribution in [0.3, 0.4) is 0 Å². The van der Waals surface area contributed by atoms with Crippen molar-refractivity contribution in [3.63, 3.8) is 0 Å². The number of aromatic nitrogens is 1. The van der Waals surface area contributed by atoms with Crippen molar-refractivity contribution in [2.45, 2.75) is 32.2 Å². The van der Waals surface area contributed by atoms with E-state index in [1.54, 1.807) is 7.11 Å². The van der Waals surface area contributed by atoms with Crippen molar-refractivity contribution < 1.29 is 14.3 Å². The number of rotatable bonds is 4. The fraction of sp³-hybridized carbons (Fsp3) is 0.500. The second-order valence-corrected chi connectivity index (χ2v) is 7.69. The summed E-state index contributed by atoms with van der Waals surface area (Å²) in [6, 6.07) is 6.44. The van der Waals surface area contributed by atoms with Crippen LogP contribution in [0.25, 0.3) is 10.9 Å². The van der Waals surface area contributed by atoms with Gasteiger partial charge in [-0.15, -0.1) is 0 Å². The lowest BCUT2D eigenvalue weighted by molar-refractivity contribution is -0.137. The van der Waals surface area contributed by atoms with Crippen molar-refractivity contribution in [1.29, 1.82) is 0 Å². The van der Waals surface area contributed by atoms with Gasteiger partial charge < -0.3 is 14.5 Å². The highest BCUT2D eigenvalue weighted by Gasteiger charge is 2.41. The van der Waals surface area contributed by atoms with Gasteiger partial charge in [-0.1, -0.05) is 26.0 Å². The summed E-state index contributed by atoms with van der Waals surface area (Å²) in [5.74, 6) is 1.24. The molecule has 27 heavy (non-hydrogen) atoms. The number of ether oxygens (including phenoxy) is 2. The first-order valence-corrected chi connectivity index (χ1v) is 9.77. The number of hydrogen-bond donors (Lipinski definition) is 1. The molecule has 0 aliphatic carbocycles. The molecular formula is C22H28N2O3. The predicted molar refractivity (Wildman–Crippen MR) is 106 cm³/mol. The monoisotopic (exact) mass is 368 g/mol. The van der Waals surface area contributed by atoms with E-state index < -0.39 is 0 Å². The SMILES string of the molecule is C=C(C(=O)OC)[C@H]1C[C@@H]2c3[nH]c4cccc(OC)c4c3CCN2C[C@H]1CC.